The second-order valence-electron chi connectivity index (χ2n) is 6.36. The minimum absolute atomic E-state index is 0.304. The zero-order valence-electron chi connectivity index (χ0n) is 12.2. The summed E-state index contributed by atoms with van der Waals surface area (Å²) in [6, 6.07) is 2.41. The summed E-state index contributed by atoms with van der Waals surface area (Å²) in [5.74, 6) is 2.20. The minimum atomic E-state index is -0.304. The van der Waals surface area contributed by atoms with Gasteiger partial charge in [0.15, 0.2) is 0 Å². The molecule has 0 aliphatic heterocycles. The highest BCUT2D eigenvalue weighted by molar-refractivity contribution is 5.81. The first-order chi connectivity index (χ1) is 9.72. The van der Waals surface area contributed by atoms with E-state index in [1.807, 2.05) is 0 Å². The number of carbonyl (C=O) groups is 1. The Morgan fingerprint density at radius 2 is 1.65 bits per heavy atom. The number of hydrogen-bond acceptors (Lipinski definition) is 3. The van der Waals surface area contributed by atoms with Crippen molar-refractivity contribution in [2.75, 3.05) is 6.61 Å². The topological polar surface area (TPSA) is 50.1 Å². The van der Waals surface area contributed by atoms with Gasteiger partial charge in [-0.1, -0.05) is 6.58 Å². The molecular weight excluding hydrogens is 250 g/mol. The summed E-state index contributed by atoms with van der Waals surface area (Å²) < 4.78 is 5.15. The second kappa shape index (κ2) is 7.47. The highest BCUT2D eigenvalue weighted by Gasteiger charge is 2.31. The van der Waals surface area contributed by atoms with E-state index in [0.29, 0.717) is 18.4 Å². The lowest BCUT2D eigenvalue weighted by Crippen LogP contribution is -2.27. The maximum atomic E-state index is 11.1. The van der Waals surface area contributed by atoms with Crippen LogP contribution in [0.25, 0.3) is 0 Å². The van der Waals surface area contributed by atoms with E-state index >= 15 is 0 Å². The van der Waals surface area contributed by atoms with E-state index in [-0.39, 0.29) is 5.97 Å². The van der Waals surface area contributed by atoms with E-state index < -0.39 is 0 Å². The average Bonchev–Trinajstić information content (AvgIpc) is 2.53. The van der Waals surface area contributed by atoms with Gasteiger partial charge in [0, 0.05) is 12.0 Å². The molecule has 0 spiro atoms. The molecule has 2 aliphatic carbocycles. The summed E-state index contributed by atoms with van der Waals surface area (Å²) in [4.78, 5) is 11.1. The molecule has 2 aliphatic rings. The molecule has 0 aromatic rings. The molecule has 2 saturated carbocycles. The van der Waals surface area contributed by atoms with Crippen LogP contribution in [-0.4, -0.2) is 12.6 Å². The Kier molecular flexibility index (Phi) is 5.64. The van der Waals surface area contributed by atoms with Crippen molar-refractivity contribution in [1.29, 1.82) is 5.26 Å². The first kappa shape index (κ1) is 15.1. The lowest BCUT2D eigenvalue weighted by atomic mass is 9.69. The lowest BCUT2D eigenvalue weighted by molar-refractivity contribution is -0.139. The number of ether oxygens (including phenoxy) is 1. The van der Waals surface area contributed by atoms with Crippen molar-refractivity contribution in [2.24, 2.45) is 23.7 Å². The van der Waals surface area contributed by atoms with Crippen molar-refractivity contribution in [3.8, 4) is 6.07 Å². The molecule has 0 radical (unpaired) electrons. The molecule has 0 amide bonds. The predicted molar refractivity (Wildman–Crippen MR) is 77.7 cm³/mol. The molecule has 2 fully saturated rings. The van der Waals surface area contributed by atoms with Crippen molar-refractivity contribution in [3.05, 3.63) is 12.7 Å². The summed E-state index contributed by atoms with van der Waals surface area (Å²) in [6.07, 6.45) is 10.8. The fourth-order valence-electron chi connectivity index (χ4n) is 3.80. The Labute approximate surface area is 122 Å². The van der Waals surface area contributed by atoms with Crippen LogP contribution in [0.4, 0.5) is 0 Å². The molecule has 20 heavy (non-hydrogen) atoms. The molecule has 0 aromatic heterocycles. The summed E-state index contributed by atoms with van der Waals surface area (Å²) in [5.41, 5.74) is 0. The van der Waals surface area contributed by atoms with Gasteiger partial charge in [0.1, 0.15) is 0 Å². The van der Waals surface area contributed by atoms with Crippen LogP contribution in [0.5, 0.6) is 0 Å². The molecule has 3 heteroatoms. The number of esters is 1. The maximum absolute atomic E-state index is 11.1. The van der Waals surface area contributed by atoms with Crippen LogP contribution in [0.2, 0.25) is 0 Å². The SMILES string of the molecule is C=CC(=O)OCC1CCC(C2CCC(C#N)CC2)CC1. The van der Waals surface area contributed by atoms with Gasteiger partial charge in [0.2, 0.25) is 0 Å². The largest absolute Gasteiger partial charge is 0.462 e. The number of nitriles is 1. The first-order valence-corrected chi connectivity index (χ1v) is 7.91. The van der Waals surface area contributed by atoms with Gasteiger partial charge in [-0.05, 0) is 69.1 Å². The third-order valence-electron chi connectivity index (χ3n) is 5.14. The fourth-order valence-corrected chi connectivity index (χ4v) is 3.80. The van der Waals surface area contributed by atoms with E-state index in [4.69, 9.17) is 10.00 Å². The number of rotatable bonds is 4. The normalized spacial score (nSPS) is 34.0. The summed E-state index contributed by atoms with van der Waals surface area (Å²) in [7, 11) is 0. The Bertz CT molecular complexity index is 369. The lowest BCUT2D eigenvalue weighted by Gasteiger charge is -2.36. The van der Waals surface area contributed by atoms with Crippen molar-refractivity contribution in [2.45, 2.75) is 51.4 Å². The Hall–Kier alpha value is -1.30. The number of carbonyl (C=O) groups excluding carboxylic acids is 1. The highest BCUT2D eigenvalue weighted by atomic mass is 16.5. The number of hydrogen-bond donors (Lipinski definition) is 0. The first-order valence-electron chi connectivity index (χ1n) is 7.91. The third kappa shape index (κ3) is 4.10. The molecule has 0 atom stereocenters. The van der Waals surface area contributed by atoms with Crippen LogP contribution in [-0.2, 0) is 9.53 Å². The van der Waals surface area contributed by atoms with Gasteiger partial charge in [-0.3, -0.25) is 0 Å². The van der Waals surface area contributed by atoms with Crippen LogP contribution in [0.1, 0.15) is 51.4 Å². The van der Waals surface area contributed by atoms with Gasteiger partial charge in [0.05, 0.1) is 12.7 Å². The maximum Gasteiger partial charge on any atom is 0.330 e. The molecule has 0 saturated heterocycles. The summed E-state index contributed by atoms with van der Waals surface area (Å²) in [6.45, 7) is 3.97. The molecule has 0 bridgehead atoms. The second-order valence-corrected chi connectivity index (χ2v) is 6.36. The molecular formula is C17H25NO2. The minimum Gasteiger partial charge on any atom is -0.462 e. The van der Waals surface area contributed by atoms with Gasteiger partial charge >= 0.3 is 5.97 Å². The predicted octanol–water partition coefficient (Wildman–Crippen LogP) is 3.85. The zero-order chi connectivity index (χ0) is 14.4. The van der Waals surface area contributed by atoms with Crippen LogP contribution in [0, 0.1) is 35.0 Å². The standard InChI is InChI=1S/C17H25NO2/c1-2-17(19)20-12-14-5-9-16(10-6-14)15-7-3-13(11-18)4-8-15/h2,13-16H,1,3-10,12H2. The Balaban J connectivity index is 1.68. The van der Waals surface area contributed by atoms with Gasteiger partial charge < -0.3 is 4.74 Å². The Morgan fingerprint density at radius 1 is 1.10 bits per heavy atom. The third-order valence-corrected chi connectivity index (χ3v) is 5.14. The van der Waals surface area contributed by atoms with E-state index in [0.717, 1.165) is 24.7 Å². The Morgan fingerprint density at radius 3 is 2.15 bits per heavy atom. The quantitative estimate of drug-likeness (QED) is 0.578. The zero-order valence-corrected chi connectivity index (χ0v) is 12.2. The van der Waals surface area contributed by atoms with Crippen LogP contribution in [0.15, 0.2) is 12.7 Å². The number of nitrogens with zero attached hydrogens (tertiary/aromatic N) is 1. The van der Waals surface area contributed by atoms with Crippen LogP contribution in [0.3, 0.4) is 0 Å². The summed E-state index contributed by atoms with van der Waals surface area (Å²) in [5, 5.41) is 8.95. The van der Waals surface area contributed by atoms with Gasteiger partial charge in [0.25, 0.3) is 0 Å². The van der Waals surface area contributed by atoms with Gasteiger partial charge in [-0.2, -0.15) is 5.26 Å². The van der Waals surface area contributed by atoms with Crippen molar-refractivity contribution < 1.29 is 9.53 Å². The molecule has 2 rings (SSSR count). The highest BCUT2D eigenvalue weighted by Crippen LogP contribution is 2.41. The van der Waals surface area contributed by atoms with Crippen LogP contribution >= 0.6 is 0 Å². The summed E-state index contributed by atoms with van der Waals surface area (Å²) >= 11 is 0. The van der Waals surface area contributed by atoms with E-state index in [9.17, 15) is 4.79 Å². The smallest absolute Gasteiger partial charge is 0.330 e. The van der Waals surface area contributed by atoms with E-state index in [1.165, 1.54) is 44.6 Å². The van der Waals surface area contributed by atoms with Crippen molar-refractivity contribution in [3.63, 3.8) is 0 Å². The van der Waals surface area contributed by atoms with Crippen LogP contribution < -0.4 is 0 Å². The molecule has 3 nitrogen and oxygen atoms in total. The fraction of sp³-hybridized carbons (Fsp3) is 0.765. The molecule has 0 unspecified atom stereocenters. The van der Waals surface area contributed by atoms with Crippen molar-refractivity contribution >= 4 is 5.97 Å². The van der Waals surface area contributed by atoms with Crippen molar-refractivity contribution in [1.82, 2.24) is 0 Å². The molecule has 0 aromatic carbocycles. The molecule has 0 N–H and O–H groups in total. The molecule has 0 heterocycles. The molecule has 110 valence electrons. The van der Waals surface area contributed by atoms with E-state index in [2.05, 4.69) is 12.6 Å². The monoisotopic (exact) mass is 275 g/mol. The van der Waals surface area contributed by atoms with Gasteiger partial charge in [-0.25, -0.2) is 4.79 Å². The average molecular weight is 275 g/mol. The van der Waals surface area contributed by atoms with E-state index in [1.54, 1.807) is 0 Å². The van der Waals surface area contributed by atoms with Gasteiger partial charge in [-0.15, -0.1) is 0 Å².